The van der Waals surface area contributed by atoms with Gasteiger partial charge in [-0.3, -0.25) is 9.59 Å². The van der Waals surface area contributed by atoms with E-state index in [1.54, 1.807) is 0 Å². The monoisotopic (exact) mass is 982 g/mol. The molecule has 0 aliphatic rings. The number of rotatable bonds is 61. The summed E-state index contributed by atoms with van der Waals surface area (Å²) < 4.78 is 0. The lowest BCUT2D eigenvalue weighted by Gasteiger charge is -2.16. The van der Waals surface area contributed by atoms with Crippen LogP contribution in [0.1, 0.15) is 373 Å². The predicted octanol–water partition coefficient (Wildman–Crippen LogP) is 22.0. The first kappa shape index (κ1) is 68.6. The van der Waals surface area contributed by atoms with Crippen molar-refractivity contribution in [2.45, 2.75) is 379 Å². The van der Waals surface area contributed by atoms with Gasteiger partial charge in [0.05, 0.1) is 12.6 Å². The van der Waals surface area contributed by atoms with Crippen molar-refractivity contribution in [3.8, 4) is 0 Å². The number of aliphatic hydroxyl groups is 1. The Labute approximate surface area is 440 Å². The second-order valence-electron chi connectivity index (χ2n) is 22.4. The van der Waals surface area contributed by atoms with E-state index < -0.39 is 0 Å². The fourth-order valence-corrected chi connectivity index (χ4v) is 10.4. The van der Waals surface area contributed by atoms with Crippen LogP contribution in [0.25, 0.3) is 0 Å². The fraction of sp³-hybridized carbons (Fsp3) is 0.909. The number of aliphatic hydroxyl groups excluding tert-OH is 1. The number of ketones is 1. The highest BCUT2D eigenvalue weighted by Gasteiger charge is 2.11. The molecule has 0 rings (SSSR count). The van der Waals surface area contributed by atoms with Gasteiger partial charge < -0.3 is 10.4 Å². The van der Waals surface area contributed by atoms with E-state index in [2.05, 4.69) is 43.5 Å². The van der Waals surface area contributed by atoms with Crippen LogP contribution in [0.15, 0.2) is 24.3 Å². The largest absolute Gasteiger partial charge is 0.394 e. The minimum atomic E-state index is -0.0598. The van der Waals surface area contributed by atoms with Crippen LogP contribution < -0.4 is 5.32 Å². The molecule has 0 heterocycles. The van der Waals surface area contributed by atoms with Gasteiger partial charge in [-0.05, 0) is 57.8 Å². The molecule has 0 aliphatic carbocycles. The highest BCUT2D eigenvalue weighted by Crippen LogP contribution is 2.19. The molecule has 0 saturated heterocycles. The van der Waals surface area contributed by atoms with Gasteiger partial charge in [0.15, 0.2) is 0 Å². The molecule has 0 radical (unpaired) electrons. The average Bonchev–Trinajstić information content (AvgIpc) is 3.36. The first-order valence-corrected chi connectivity index (χ1v) is 32.4. The number of hydrogen-bond donors (Lipinski definition) is 2. The van der Waals surface area contributed by atoms with Crippen LogP contribution in [0.4, 0.5) is 0 Å². The third-order valence-electron chi connectivity index (χ3n) is 15.3. The minimum absolute atomic E-state index is 0.0598. The number of unbranched alkanes of at least 4 members (excludes halogenated alkanes) is 47. The Bertz CT molecular complexity index is 1070. The zero-order valence-corrected chi connectivity index (χ0v) is 48.0. The Morgan fingerprint density at radius 2 is 0.586 bits per heavy atom. The van der Waals surface area contributed by atoms with Gasteiger partial charge in [-0.15, -0.1) is 0 Å². The molecule has 0 aromatic heterocycles. The number of Topliss-reactive ketones (excluding diaryl/α,β-unsaturated/α-hetero) is 1. The van der Waals surface area contributed by atoms with E-state index in [1.165, 1.54) is 295 Å². The lowest BCUT2D eigenvalue weighted by molar-refractivity contribution is -0.122. The molecule has 0 saturated carbocycles. The van der Waals surface area contributed by atoms with Crippen molar-refractivity contribution in [3.05, 3.63) is 24.3 Å². The molecule has 1 amide bonds. The Balaban J connectivity index is 3.29. The van der Waals surface area contributed by atoms with Gasteiger partial charge >= 0.3 is 0 Å². The third kappa shape index (κ3) is 59.1. The number of nitrogens with one attached hydrogen (secondary N) is 1. The molecule has 0 bridgehead atoms. The molecule has 0 fully saturated rings. The van der Waals surface area contributed by atoms with E-state index in [9.17, 15) is 14.7 Å². The maximum atomic E-state index is 12.4. The second kappa shape index (κ2) is 61.9. The summed E-state index contributed by atoms with van der Waals surface area (Å²) in [5, 5.41) is 12.9. The Kier molecular flexibility index (Phi) is 60.6. The molecule has 1 atom stereocenters. The maximum absolute atomic E-state index is 12.4. The molecule has 4 nitrogen and oxygen atoms in total. The lowest BCUT2D eigenvalue weighted by atomic mass is 10.0. The number of carbonyl (C=O) groups is 2. The number of carbonyl (C=O) groups excluding carboxylic acids is 2. The van der Waals surface area contributed by atoms with Crippen molar-refractivity contribution in [2.24, 2.45) is 0 Å². The highest BCUT2D eigenvalue weighted by atomic mass is 16.3. The summed E-state index contributed by atoms with van der Waals surface area (Å²) in [7, 11) is 0. The van der Waals surface area contributed by atoms with Crippen LogP contribution in [0, 0.1) is 0 Å². The van der Waals surface area contributed by atoms with E-state index >= 15 is 0 Å². The smallest absolute Gasteiger partial charge is 0.220 e. The average molecular weight is 983 g/mol. The van der Waals surface area contributed by atoms with E-state index in [0.717, 1.165) is 57.8 Å². The molecule has 0 aromatic carbocycles. The zero-order valence-electron chi connectivity index (χ0n) is 48.0. The van der Waals surface area contributed by atoms with Gasteiger partial charge in [0.25, 0.3) is 0 Å². The predicted molar refractivity (Wildman–Crippen MR) is 312 cm³/mol. The fourth-order valence-electron chi connectivity index (χ4n) is 10.4. The van der Waals surface area contributed by atoms with E-state index in [1.807, 2.05) is 0 Å². The van der Waals surface area contributed by atoms with Crippen LogP contribution in [0.5, 0.6) is 0 Å². The SMILES string of the molecule is CCCCC/C=C\C/C=C\CCCCCCCC(=O)CCCCCCCCCCCCCCCCCCCCCCCCCCCCCC(=O)N[C@H](CO)CCCCCCCCCCCCCCCC. The van der Waals surface area contributed by atoms with E-state index in [4.69, 9.17) is 0 Å². The first-order valence-electron chi connectivity index (χ1n) is 32.4. The summed E-state index contributed by atoms with van der Waals surface area (Å²) in [5.74, 6) is 0.641. The van der Waals surface area contributed by atoms with Crippen LogP contribution >= 0.6 is 0 Å². The van der Waals surface area contributed by atoms with Gasteiger partial charge in [0.1, 0.15) is 5.78 Å². The number of hydrogen-bond acceptors (Lipinski definition) is 3. The standard InChI is InChI=1S/C66H127NO3/c1-3-5-7-9-11-13-15-17-32-36-40-44-48-52-56-60-65(69)61-57-53-49-45-41-37-33-30-28-26-24-22-20-19-21-23-25-27-29-31-34-38-42-46-50-54-58-62-66(70)67-64(63-68)59-55-51-47-43-39-35-18-16-14-12-10-8-6-4-2/h11,13,17,32,64,68H,3-10,12,14-16,18-31,33-63H2,1-2H3,(H,67,70)/b13-11-,32-17-/t64-/m0/s1. The summed E-state index contributed by atoms with van der Waals surface area (Å²) in [5.41, 5.74) is 0. The highest BCUT2D eigenvalue weighted by molar-refractivity contribution is 5.78. The van der Waals surface area contributed by atoms with Crippen molar-refractivity contribution in [1.82, 2.24) is 5.32 Å². The van der Waals surface area contributed by atoms with Crippen molar-refractivity contribution < 1.29 is 14.7 Å². The summed E-state index contributed by atoms with van der Waals surface area (Å²) in [6, 6.07) is -0.0598. The molecule has 0 spiro atoms. The van der Waals surface area contributed by atoms with Gasteiger partial charge in [0.2, 0.25) is 5.91 Å². The van der Waals surface area contributed by atoms with Crippen molar-refractivity contribution in [2.75, 3.05) is 6.61 Å². The Morgan fingerprint density at radius 1 is 0.329 bits per heavy atom. The quantitative estimate of drug-likeness (QED) is 0.0471. The first-order chi connectivity index (χ1) is 34.6. The topological polar surface area (TPSA) is 66.4 Å². The van der Waals surface area contributed by atoms with Crippen LogP contribution in [-0.2, 0) is 9.59 Å². The summed E-state index contributed by atoms with van der Waals surface area (Å²) in [4.78, 5) is 24.7. The van der Waals surface area contributed by atoms with E-state index in [-0.39, 0.29) is 18.6 Å². The van der Waals surface area contributed by atoms with Crippen LogP contribution in [0.2, 0.25) is 0 Å². The molecule has 0 unspecified atom stereocenters. The number of amides is 1. The summed E-state index contributed by atoms with van der Waals surface area (Å²) in [6.07, 6.45) is 81.9. The third-order valence-corrected chi connectivity index (χ3v) is 15.3. The van der Waals surface area contributed by atoms with Crippen molar-refractivity contribution >= 4 is 11.7 Å². The Hall–Kier alpha value is -1.42. The van der Waals surface area contributed by atoms with Crippen molar-refractivity contribution in [3.63, 3.8) is 0 Å². The van der Waals surface area contributed by atoms with Gasteiger partial charge in [-0.2, -0.15) is 0 Å². The Morgan fingerprint density at radius 3 is 0.914 bits per heavy atom. The van der Waals surface area contributed by atoms with E-state index in [0.29, 0.717) is 12.2 Å². The van der Waals surface area contributed by atoms with Gasteiger partial charge in [-0.1, -0.05) is 321 Å². The maximum Gasteiger partial charge on any atom is 0.220 e. The number of allylic oxidation sites excluding steroid dienone is 4. The molecular weight excluding hydrogens is 855 g/mol. The lowest BCUT2D eigenvalue weighted by Crippen LogP contribution is -2.37. The van der Waals surface area contributed by atoms with Gasteiger partial charge in [0, 0.05) is 19.3 Å². The molecular formula is C66H127NO3. The summed E-state index contributed by atoms with van der Waals surface area (Å²) in [6.45, 7) is 4.62. The van der Waals surface area contributed by atoms with Crippen LogP contribution in [0.3, 0.4) is 0 Å². The summed E-state index contributed by atoms with van der Waals surface area (Å²) >= 11 is 0. The molecule has 70 heavy (non-hydrogen) atoms. The molecule has 4 heteroatoms. The molecule has 2 N–H and O–H groups in total. The van der Waals surface area contributed by atoms with Crippen molar-refractivity contribution in [1.29, 1.82) is 0 Å². The van der Waals surface area contributed by atoms with Crippen LogP contribution in [-0.4, -0.2) is 29.4 Å². The molecule has 0 aromatic rings. The normalized spacial score (nSPS) is 12.3. The second-order valence-corrected chi connectivity index (χ2v) is 22.4. The molecule has 0 aliphatic heterocycles. The minimum Gasteiger partial charge on any atom is -0.394 e. The van der Waals surface area contributed by atoms with Gasteiger partial charge in [-0.25, -0.2) is 0 Å². The molecule has 414 valence electrons. The zero-order chi connectivity index (χ0) is 50.6.